The quantitative estimate of drug-likeness (QED) is 0.805. The van der Waals surface area contributed by atoms with Gasteiger partial charge < -0.3 is 4.90 Å². The number of aryl methyl sites for hydroxylation is 1. The Balaban J connectivity index is 2.35. The van der Waals surface area contributed by atoms with Crippen molar-refractivity contribution in [3.05, 3.63) is 65.2 Å². The lowest BCUT2D eigenvalue weighted by Gasteiger charge is -2.19. The molecule has 0 aliphatic carbocycles. The lowest BCUT2D eigenvalue weighted by atomic mass is 9.99. The van der Waals surface area contributed by atoms with Crippen LogP contribution in [0.3, 0.4) is 0 Å². The zero-order valence-corrected chi connectivity index (χ0v) is 12.6. The van der Waals surface area contributed by atoms with Crippen LogP contribution in [0.4, 0.5) is 5.69 Å². The van der Waals surface area contributed by atoms with E-state index in [0.29, 0.717) is 17.7 Å². The van der Waals surface area contributed by atoms with Gasteiger partial charge in [-0.2, -0.15) is 0 Å². The second-order valence-corrected chi connectivity index (χ2v) is 5.18. The summed E-state index contributed by atoms with van der Waals surface area (Å²) >= 11 is 0. The monoisotopic (exact) mass is 281 g/mol. The molecule has 0 atom stereocenters. The van der Waals surface area contributed by atoms with Crippen LogP contribution < -0.4 is 4.90 Å². The van der Waals surface area contributed by atoms with E-state index in [0.717, 1.165) is 11.1 Å². The van der Waals surface area contributed by atoms with Crippen LogP contribution in [-0.2, 0) is 11.2 Å². The molecule has 2 rings (SSSR count). The number of carbonyl (C=O) groups is 2. The average molecular weight is 281 g/mol. The number of hydrogen-bond acceptors (Lipinski definition) is 2. The van der Waals surface area contributed by atoms with Crippen molar-refractivity contribution in [2.75, 3.05) is 11.9 Å². The lowest BCUT2D eigenvalue weighted by Crippen LogP contribution is -2.25. The summed E-state index contributed by atoms with van der Waals surface area (Å²) in [5.41, 5.74) is 3.23. The van der Waals surface area contributed by atoms with Crippen molar-refractivity contribution in [3.63, 3.8) is 0 Å². The second kappa shape index (κ2) is 6.35. The summed E-state index contributed by atoms with van der Waals surface area (Å²) in [5, 5.41) is 0. The van der Waals surface area contributed by atoms with Gasteiger partial charge in [-0.05, 0) is 24.6 Å². The van der Waals surface area contributed by atoms with Crippen molar-refractivity contribution < 1.29 is 9.59 Å². The van der Waals surface area contributed by atoms with E-state index in [4.69, 9.17) is 0 Å². The maximum Gasteiger partial charge on any atom is 0.223 e. The van der Waals surface area contributed by atoms with E-state index in [2.05, 4.69) is 0 Å². The minimum atomic E-state index is -0.0902. The van der Waals surface area contributed by atoms with Crippen molar-refractivity contribution >= 4 is 17.4 Å². The lowest BCUT2D eigenvalue weighted by molar-refractivity contribution is -0.116. The van der Waals surface area contributed by atoms with Crippen LogP contribution in [0, 0.1) is 6.92 Å². The molecule has 1 amide bonds. The third kappa shape index (κ3) is 3.57. The molecule has 21 heavy (non-hydrogen) atoms. The van der Waals surface area contributed by atoms with Crippen molar-refractivity contribution in [1.82, 2.24) is 0 Å². The normalized spacial score (nSPS) is 10.2. The highest BCUT2D eigenvalue weighted by Gasteiger charge is 2.17. The highest BCUT2D eigenvalue weighted by atomic mass is 16.2. The van der Waals surface area contributed by atoms with Crippen LogP contribution >= 0.6 is 0 Å². The van der Waals surface area contributed by atoms with Gasteiger partial charge in [-0.1, -0.05) is 42.0 Å². The zero-order valence-electron chi connectivity index (χ0n) is 12.6. The van der Waals surface area contributed by atoms with Crippen LogP contribution in [0.2, 0.25) is 0 Å². The number of benzene rings is 2. The summed E-state index contributed by atoms with van der Waals surface area (Å²) in [6.45, 7) is 3.43. The molecule has 0 heterocycles. The maximum absolute atomic E-state index is 12.6. The van der Waals surface area contributed by atoms with Gasteiger partial charge in [0, 0.05) is 26.0 Å². The number of hydrogen-bond donors (Lipinski definition) is 0. The van der Waals surface area contributed by atoms with Gasteiger partial charge in [0.05, 0.1) is 5.69 Å². The van der Waals surface area contributed by atoms with Crippen molar-refractivity contribution in [1.29, 1.82) is 0 Å². The summed E-state index contributed by atoms with van der Waals surface area (Å²) in [5.74, 6) is -0.0689. The number of ketones is 1. The summed E-state index contributed by atoms with van der Waals surface area (Å²) in [6, 6.07) is 15.2. The van der Waals surface area contributed by atoms with E-state index in [9.17, 15) is 9.59 Å². The summed E-state index contributed by atoms with van der Waals surface area (Å²) < 4.78 is 0. The minimum absolute atomic E-state index is 0.0213. The second-order valence-electron chi connectivity index (χ2n) is 5.18. The van der Waals surface area contributed by atoms with E-state index in [1.807, 2.05) is 55.5 Å². The fraction of sp³-hybridized carbons (Fsp3) is 0.222. The summed E-state index contributed by atoms with van der Waals surface area (Å²) in [4.78, 5) is 25.7. The van der Waals surface area contributed by atoms with Gasteiger partial charge >= 0.3 is 0 Å². The van der Waals surface area contributed by atoms with Gasteiger partial charge in [-0.15, -0.1) is 0 Å². The molecule has 0 spiro atoms. The zero-order chi connectivity index (χ0) is 15.4. The first-order valence-corrected chi connectivity index (χ1v) is 6.91. The van der Waals surface area contributed by atoms with Crippen LogP contribution in [-0.4, -0.2) is 18.7 Å². The molecule has 0 unspecified atom stereocenters. The third-order valence-corrected chi connectivity index (χ3v) is 3.49. The highest BCUT2D eigenvalue weighted by Crippen LogP contribution is 2.23. The molecule has 0 saturated carbocycles. The average Bonchev–Trinajstić information content (AvgIpc) is 2.47. The van der Waals surface area contributed by atoms with Crippen LogP contribution in [0.5, 0.6) is 0 Å². The van der Waals surface area contributed by atoms with Crippen LogP contribution in [0.1, 0.15) is 28.4 Å². The number of carbonyl (C=O) groups excluding carboxylic acids is 2. The maximum atomic E-state index is 12.6. The van der Waals surface area contributed by atoms with E-state index in [1.165, 1.54) is 11.8 Å². The number of anilines is 1. The molecule has 0 aliphatic heterocycles. The molecule has 3 heteroatoms. The Morgan fingerprint density at radius 2 is 1.71 bits per heavy atom. The molecular weight excluding hydrogens is 262 g/mol. The topological polar surface area (TPSA) is 37.4 Å². The molecule has 3 nitrogen and oxygen atoms in total. The number of amides is 1. The fourth-order valence-corrected chi connectivity index (χ4v) is 2.21. The Morgan fingerprint density at radius 1 is 1.05 bits per heavy atom. The van der Waals surface area contributed by atoms with E-state index in [1.54, 1.807) is 7.05 Å². The smallest absolute Gasteiger partial charge is 0.223 e. The van der Waals surface area contributed by atoms with E-state index in [-0.39, 0.29) is 11.7 Å². The number of Topliss-reactive ketones (excluding diaryl/α,β-unsaturated/α-hetero) is 1. The van der Waals surface area contributed by atoms with Gasteiger partial charge in [0.25, 0.3) is 0 Å². The Kier molecular flexibility index (Phi) is 4.53. The molecule has 2 aromatic rings. The van der Waals surface area contributed by atoms with Gasteiger partial charge in [0.1, 0.15) is 0 Å². The van der Waals surface area contributed by atoms with E-state index >= 15 is 0 Å². The predicted molar refractivity (Wildman–Crippen MR) is 84.7 cm³/mol. The largest absolute Gasteiger partial charge is 0.315 e. The molecule has 0 aliphatic rings. The summed E-state index contributed by atoms with van der Waals surface area (Å²) in [6.07, 6.45) is 0.336. The highest BCUT2D eigenvalue weighted by molar-refractivity contribution is 6.06. The van der Waals surface area contributed by atoms with Crippen LogP contribution in [0.25, 0.3) is 0 Å². The van der Waals surface area contributed by atoms with Gasteiger partial charge in [-0.25, -0.2) is 0 Å². The predicted octanol–water partition coefficient (Wildman–Crippen LogP) is 3.40. The van der Waals surface area contributed by atoms with Gasteiger partial charge in [0.15, 0.2) is 5.78 Å². The van der Waals surface area contributed by atoms with Crippen molar-refractivity contribution in [2.45, 2.75) is 20.3 Å². The van der Waals surface area contributed by atoms with Gasteiger partial charge in [0.2, 0.25) is 5.91 Å². The molecule has 0 fully saturated rings. The van der Waals surface area contributed by atoms with Gasteiger partial charge in [-0.3, -0.25) is 9.59 Å². The molecule has 2 aromatic carbocycles. The molecule has 108 valence electrons. The number of nitrogens with zero attached hydrogens (tertiary/aromatic N) is 1. The first-order chi connectivity index (χ1) is 9.99. The molecule has 0 N–H and O–H groups in total. The SMILES string of the molecule is CC(=O)N(C)c1ccc(C)cc1C(=O)Cc1ccccc1. The molecule has 0 aromatic heterocycles. The summed E-state index contributed by atoms with van der Waals surface area (Å²) in [7, 11) is 1.69. The molecule has 0 radical (unpaired) electrons. The van der Waals surface area contributed by atoms with E-state index < -0.39 is 0 Å². The Bertz CT molecular complexity index is 662. The minimum Gasteiger partial charge on any atom is -0.315 e. The number of rotatable bonds is 4. The first kappa shape index (κ1) is 15.0. The standard InChI is InChI=1S/C18H19NO2/c1-13-9-10-17(19(3)14(2)20)16(11-13)18(21)12-15-7-5-4-6-8-15/h4-11H,12H2,1-3H3. The van der Waals surface area contributed by atoms with Crippen molar-refractivity contribution in [3.8, 4) is 0 Å². The third-order valence-electron chi connectivity index (χ3n) is 3.49. The molecular formula is C18H19NO2. The molecule has 0 bridgehead atoms. The molecule has 0 saturated heterocycles. The fourth-order valence-electron chi connectivity index (χ4n) is 2.21. The Labute approximate surface area is 125 Å². The Morgan fingerprint density at radius 3 is 2.33 bits per heavy atom. The van der Waals surface area contributed by atoms with Crippen LogP contribution in [0.15, 0.2) is 48.5 Å². The first-order valence-electron chi connectivity index (χ1n) is 6.91. The van der Waals surface area contributed by atoms with Crippen molar-refractivity contribution in [2.24, 2.45) is 0 Å². The Hall–Kier alpha value is -2.42.